The molecule has 0 saturated heterocycles. The van der Waals surface area contributed by atoms with E-state index in [0.717, 1.165) is 32.8 Å². The lowest BCUT2D eigenvalue weighted by molar-refractivity contribution is 0.415. The summed E-state index contributed by atoms with van der Waals surface area (Å²) in [4.78, 5) is 8.94. The molecule has 0 fully saturated rings. The summed E-state index contributed by atoms with van der Waals surface area (Å²) in [5.41, 5.74) is 2.13. The van der Waals surface area contributed by atoms with Crippen LogP contribution in [0.5, 0.6) is 5.75 Å². The summed E-state index contributed by atoms with van der Waals surface area (Å²) in [6.45, 7) is 0. The van der Waals surface area contributed by atoms with Gasteiger partial charge in [0.05, 0.1) is 17.8 Å². The lowest BCUT2D eigenvalue weighted by atomic mass is 10.2. The van der Waals surface area contributed by atoms with Crippen molar-refractivity contribution >= 4 is 34.7 Å². The lowest BCUT2D eigenvalue weighted by Crippen LogP contribution is -1.85. The van der Waals surface area contributed by atoms with E-state index in [4.69, 9.17) is 16.3 Å². The van der Waals surface area contributed by atoms with Gasteiger partial charge in [-0.3, -0.25) is 0 Å². The summed E-state index contributed by atoms with van der Waals surface area (Å²) >= 11 is 9.34. The Hall–Kier alpha value is -1.56. The SMILES string of the molecule is COc1ccc(-c2nc(CSc3ncccc3Cl)cs2)cc1. The van der Waals surface area contributed by atoms with E-state index in [2.05, 4.69) is 15.3 Å². The zero-order valence-electron chi connectivity index (χ0n) is 11.8. The first-order valence-electron chi connectivity index (χ1n) is 6.58. The summed E-state index contributed by atoms with van der Waals surface area (Å²) < 4.78 is 5.17. The van der Waals surface area contributed by atoms with Crippen molar-refractivity contribution in [2.75, 3.05) is 7.11 Å². The molecule has 22 heavy (non-hydrogen) atoms. The Morgan fingerprint density at radius 1 is 1.23 bits per heavy atom. The molecule has 0 radical (unpaired) electrons. The van der Waals surface area contributed by atoms with Crippen molar-refractivity contribution in [1.82, 2.24) is 9.97 Å². The van der Waals surface area contributed by atoms with Gasteiger partial charge in [0.15, 0.2) is 0 Å². The summed E-state index contributed by atoms with van der Waals surface area (Å²) in [6.07, 6.45) is 1.75. The number of methoxy groups -OCH3 is 1. The minimum absolute atomic E-state index is 0.679. The fourth-order valence-electron chi connectivity index (χ4n) is 1.86. The third-order valence-electron chi connectivity index (χ3n) is 2.97. The quantitative estimate of drug-likeness (QED) is 0.596. The molecular weight excluding hydrogens is 336 g/mol. The standard InChI is InChI=1S/C16H13ClN2OS2/c1-20-13-6-4-11(5-7-13)15-19-12(9-21-15)10-22-16-14(17)3-2-8-18-16/h2-9H,10H2,1H3. The van der Waals surface area contributed by atoms with E-state index >= 15 is 0 Å². The van der Waals surface area contributed by atoms with E-state index in [-0.39, 0.29) is 0 Å². The molecule has 2 aromatic heterocycles. The second kappa shape index (κ2) is 7.13. The zero-order chi connectivity index (χ0) is 15.4. The van der Waals surface area contributed by atoms with E-state index < -0.39 is 0 Å². The molecule has 2 heterocycles. The van der Waals surface area contributed by atoms with Crippen molar-refractivity contribution < 1.29 is 4.74 Å². The number of halogens is 1. The number of hydrogen-bond acceptors (Lipinski definition) is 5. The Morgan fingerprint density at radius 2 is 2.05 bits per heavy atom. The number of pyridine rings is 1. The zero-order valence-corrected chi connectivity index (χ0v) is 14.2. The minimum Gasteiger partial charge on any atom is -0.497 e. The van der Waals surface area contributed by atoms with Gasteiger partial charge in [-0.05, 0) is 36.4 Å². The first-order valence-corrected chi connectivity index (χ1v) is 8.83. The van der Waals surface area contributed by atoms with Gasteiger partial charge in [0.2, 0.25) is 0 Å². The summed E-state index contributed by atoms with van der Waals surface area (Å²) in [5.74, 6) is 1.60. The number of rotatable bonds is 5. The highest BCUT2D eigenvalue weighted by atomic mass is 35.5. The van der Waals surface area contributed by atoms with Gasteiger partial charge in [0, 0.05) is 22.9 Å². The number of nitrogens with zero attached hydrogens (tertiary/aromatic N) is 2. The predicted molar refractivity (Wildman–Crippen MR) is 92.9 cm³/mol. The van der Waals surface area contributed by atoms with Crippen LogP contribution in [0.4, 0.5) is 0 Å². The van der Waals surface area contributed by atoms with Crippen LogP contribution in [-0.4, -0.2) is 17.1 Å². The average Bonchev–Trinajstić information content (AvgIpc) is 3.03. The van der Waals surface area contributed by atoms with Gasteiger partial charge in [-0.2, -0.15) is 0 Å². The van der Waals surface area contributed by atoms with Gasteiger partial charge in [0.25, 0.3) is 0 Å². The monoisotopic (exact) mass is 348 g/mol. The molecule has 0 spiro atoms. The fraction of sp³-hybridized carbons (Fsp3) is 0.125. The molecule has 0 atom stereocenters. The van der Waals surface area contributed by atoms with Crippen LogP contribution < -0.4 is 4.74 Å². The highest BCUT2D eigenvalue weighted by Crippen LogP contribution is 2.30. The van der Waals surface area contributed by atoms with Gasteiger partial charge in [-0.1, -0.05) is 23.4 Å². The van der Waals surface area contributed by atoms with Gasteiger partial charge in [-0.15, -0.1) is 11.3 Å². The van der Waals surface area contributed by atoms with Gasteiger partial charge < -0.3 is 4.74 Å². The molecule has 3 aromatic rings. The highest BCUT2D eigenvalue weighted by Gasteiger charge is 2.07. The second-order valence-electron chi connectivity index (χ2n) is 4.45. The van der Waals surface area contributed by atoms with Crippen LogP contribution in [0.15, 0.2) is 53.0 Å². The molecule has 0 amide bonds. The molecule has 0 N–H and O–H groups in total. The third kappa shape index (κ3) is 3.61. The number of thiazole rings is 1. The topological polar surface area (TPSA) is 35.0 Å². The number of thioether (sulfide) groups is 1. The number of hydrogen-bond donors (Lipinski definition) is 0. The molecule has 0 saturated carbocycles. The predicted octanol–water partition coefficient (Wildman–Crippen LogP) is 5.16. The van der Waals surface area contributed by atoms with E-state index in [9.17, 15) is 0 Å². The normalized spacial score (nSPS) is 10.6. The van der Waals surface area contributed by atoms with Crippen LogP contribution in [-0.2, 0) is 5.75 Å². The highest BCUT2D eigenvalue weighted by molar-refractivity contribution is 7.98. The number of aromatic nitrogens is 2. The maximum Gasteiger partial charge on any atom is 0.123 e. The molecule has 3 nitrogen and oxygen atoms in total. The van der Waals surface area contributed by atoms with Gasteiger partial charge in [-0.25, -0.2) is 9.97 Å². The third-order valence-corrected chi connectivity index (χ3v) is 5.37. The van der Waals surface area contributed by atoms with Crippen molar-refractivity contribution in [2.24, 2.45) is 0 Å². The molecule has 0 bridgehead atoms. The fourth-order valence-corrected chi connectivity index (χ4v) is 3.85. The van der Waals surface area contributed by atoms with Gasteiger partial charge in [0.1, 0.15) is 15.8 Å². The van der Waals surface area contributed by atoms with E-state index in [1.54, 1.807) is 36.4 Å². The largest absolute Gasteiger partial charge is 0.497 e. The summed E-state index contributed by atoms with van der Waals surface area (Å²) in [6, 6.07) is 11.6. The van der Waals surface area contributed by atoms with Crippen LogP contribution in [0.3, 0.4) is 0 Å². The van der Waals surface area contributed by atoms with Crippen molar-refractivity contribution in [2.45, 2.75) is 10.8 Å². The molecule has 0 aliphatic rings. The van der Waals surface area contributed by atoms with Crippen LogP contribution in [0.2, 0.25) is 5.02 Å². The second-order valence-corrected chi connectivity index (χ2v) is 6.68. The van der Waals surface area contributed by atoms with Crippen LogP contribution in [0, 0.1) is 0 Å². The van der Waals surface area contributed by atoms with Crippen LogP contribution in [0.1, 0.15) is 5.69 Å². The molecule has 112 valence electrons. The van der Waals surface area contributed by atoms with E-state index in [1.165, 1.54) is 0 Å². The first-order chi connectivity index (χ1) is 10.8. The van der Waals surface area contributed by atoms with Crippen molar-refractivity contribution in [3.8, 4) is 16.3 Å². The Labute approximate surface area is 142 Å². The van der Waals surface area contributed by atoms with Gasteiger partial charge >= 0.3 is 0 Å². The molecule has 3 rings (SSSR count). The first kappa shape index (κ1) is 15.3. The molecule has 0 aliphatic carbocycles. The molecule has 0 aliphatic heterocycles. The van der Waals surface area contributed by atoms with Crippen molar-refractivity contribution in [3.63, 3.8) is 0 Å². The van der Waals surface area contributed by atoms with E-state index in [0.29, 0.717) is 5.02 Å². The molecule has 0 unspecified atom stereocenters. The van der Waals surface area contributed by atoms with Crippen LogP contribution in [0.25, 0.3) is 10.6 Å². The summed E-state index contributed by atoms with van der Waals surface area (Å²) in [5, 5.41) is 4.59. The number of benzene rings is 1. The Kier molecular flexibility index (Phi) is 4.97. The molecular formula is C16H13ClN2OS2. The maximum atomic E-state index is 6.11. The minimum atomic E-state index is 0.679. The van der Waals surface area contributed by atoms with Crippen molar-refractivity contribution in [3.05, 3.63) is 58.7 Å². The summed E-state index contributed by atoms with van der Waals surface area (Å²) in [7, 11) is 1.66. The van der Waals surface area contributed by atoms with Crippen molar-refractivity contribution in [1.29, 1.82) is 0 Å². The number of ether oxygens (including phenoxy) is 1. The average molecular weight is 349 g/mol. The Morgan fingerprint density at radius 3 is 2.77 bits per heavy atom. The van der Waals surface area contributed by atoms with Crippen LogP contribution >= 0.6 is 34.7 Å². The smallest absolute Gasteiger partial charge is 0.123 e. The molecule has 6 heteroatoms. The Bertz CT molecular complexity index is 759. The Balaban J connectivity index is 1.69. The maximum absolute atomic E-state index is 6.11. The van der Waals surface area contributed by atoms with E-state index in [1.807, 2.05) is 36.4 Å². The molecule has 1 aromatic carbocycles. The lowest BCUT2D eigenvalue weighted by Gasteiger charge is -2.01.